The number of carbonyl (C=O) groups is 1. The van der Waals surface area contributed by atoms with E-state index in [4.69, 9.17) is 4.74 Å². The third-order valence-electron chi connectivity index (χ3n) is 5.65. The van der Waals surface area contributed by atoms with E-state index in [2.05, 4.69) is 16.4 Å². The molecule has 10 heteroatoms. The Kier molecular flexibility index (Phi) is 5.13. The van der Waals surface area contributed by atoms with Crippen molar-refractivity contribution in [3.05, 3.63) is 49.6 Å². The highest BCUT2D eigenvalue weighted by Crippen LogP contribution is 2.36. The molecule has 1 saturated heterocycles. The lowest BCUT2D eigenvalue weighted by Crippen LogP contribution is -2.45. The van der Waals surface area contributed by atoms with Gasteiger partial charge in [-0.15, -0.1) is 11.3 Å². The molecule has 1 amide bonds. The van der Waals surface area contributed by atoms with Crippen LogP contribution in [0.5, 0.6) is 0 Å². The van der Waals surface area contributed by atoms with Crippen molar-refractivity contribution in [3.8, 4) is 0 Å². The molecular weight excluding hydrogens is 394 g/mol. The van der Waals surface area contributed by atoms with E-state index in [9.17, 15) is 14.4 Å². The van der Waals surface area contributed by atoms with Crippen LogP contribution < -0.4 is 16.6 Å². The number of aryl methyl sites for hydroxylation is 1. The molecule has 3 aromatic heterocycles. The quantitative estimate of drug-likeness (QED) is 0.646. The van der Waals surface area contributed by atoms with Crippen LogP contribution in [0, 0.1) is 0 Å². The van der Waals surface area contributed by atoms with Gasteiger partial charge in [-0.3, -0.25) is 18.7 Å². The van der Waals surface area contributed by atoms with Crippen LogP contribution in [0.4, 0.5) is 0 Å². The molecule has 1 aliphatic heterocycles. The van der Waals surface area contributed by atoms with Crippen LogP contribution in [-0.4, -0.2) is 44.4 Å². The van der Waals surface area contributed by atoms with Gasteiger partial charge in [0, 0.05) is 44.1 Å². The molecule has 1 fully saturated rings. The Balaban J connectivity index is 1.55. The van der Waals surface area contributed by atoms with Crippen LogP contribution in [0.1, 0.15) is 17.7 Å². The predicted molar refractivity (Wildman–Crippen MR) is 109 cm³/mol. The SMILES string of the molecule is Cn1c(=O)c2c(ncn2CC(=O)NCC2(c3cccs3)CCOCC2)n(C)c1=O. The number of hydrogen-bond donors (Lipinski definition) is 1. The third-order valence-corrected chi connectivity index (χ3v) is 6.77. The molecule has 9 nitrogen and oxygen atoms in total. The van der Waals surface area contributed by atoms with E-state index in [1.807, 2.05) is 11.4 Å². The molecular formula is C19H23N5O4S. The van der Waals surface area contributed by atoms with E-state index in [0.717, 1.165) is 17.4 Å². The molecule has 0 bridgehead atoms. The highest BCUT2D eigenvalue weighted by atomic mass is 32.1. The number of fused-ring (bicyclic) bond motifs is 1. The lowest BCUT2D eigenvalue weighted by molar-refractivity contribution is -0.122. The fourth-order valence-corrected chi connectivity index (χ4v) is 4.84. The van der Waals surface area contributed by atoms with Crippen LogP contribution in [0.25, 0.3) is 11.2 Å². The van der Waals surface area contributed by atoms with Gasteiger partial charge in [0.25, 0.3) is 5.56 Å². The smallest absolute Gasteiger partial charge is 0.332 e. The van der Waals surface area contributed by atoms with Crippen LogP contribution in [0.2, 0.25) is 0 Å². The van der Waals surface area contributed by atoms with E-state index < -0.39 is 11.2 Å². The molecule has 0 saturated carbocycles. The normalized spacial score (nSPS) is 16.2. The van der Waals surface area contributed by atoms with Gasteiger partial charge in [-0.25, -0.2) is 9.78 Å². The first-order valence-electron chi connectivity index (χ1n) is 9.42. The van der Waals surface area contributed by atoms with Gasteiger partial charge >= 0.3 is 5.69 Å². The monoisotopic (exact) mass is 417 g/mol. The Morgan fingerprint density at radius 3 is 2.72 bits per heavy atom. The molecule has 0 radical (unpaired) electrons. The largest absolute Gasteiger partial charge is 0.381 e. The first kappa shape index (κ1) is 19.6. The van der Waals surface area contributed by atoms with E-state index in [1.165, 1.54) is 27.4 Å². The Morgan fingerprint density at radius 2 is 2.03 bits per heavy atom. The maximum absolute atomic E-state index is 12.7. The number of hydrogen-bond acceptors (Lipinski definition) is 6. The number of ether oxygens (including phenoxy) is 1. The first-order valence-corrected chi connectivity index (χ1v) is 10.3. The number of carbonyl (C=O) groups excluding carboxylic acids is 1. The number of imidazole rings is 1. The zero-order chi connectivity index (χ0) is 20.6. The Hall–Kier alpha value is -2.72. The van der Waals surface area contributed by atoms with Gasteiger partial charge in [-0.1, -0.05) is 6.07 Å². The summed E-state index contributed by atoms with van der Waals surface area (Å²) < 4.78 is 9.34. The molecule has 3 aromatic rings. The van der Waals surface area contributed by atoms with Crippen molar-refractivity contribution < 1.29 is 9.53 Å². The average Bonchev–Trinajstić information content (AvgIpc) is 3.41. The summed E-state index contributed by atoms with van der Waals surface area (Å²) in [6.07, 6.45) is 3.13. The minimum atomic E-state index is -0.465. The summed E-state index contributed by atoms with van der Waals surface area (Å²) in [4.78, 5) is 42.7. The summed E-state index contributed by atoms with van der Waals surface area (Å²) >= 11 is 1.70. The van der Waals surface area contributed by atoms with Crippen LogP contribution >= 0.6 is 11.3 Å². The molecule has 0 aromatic carbocycles. The van der Waals surface area contributed by atoms with Crippen molar-refractivity contribution in [3.63, 3.8) is 0 Å². The Morgan fingerprint density at radius 1 is 1.28 bits per heavy atom. The number of thiophene rings is 1. The van der Waals surface area contributed by atoms with Crippen molar-refractivity contribution in [2.45, 2.75) is 24.8 Å². The van der Waals surface area contributed by atoms with Gasteiger partial charge in [0.1, 0.15) is 6.54 Å². The zero-order valence-corrected chi connectivity index (χ0v) is 17.2. The van der Waals surface area contributed by atoms with Crippen molar-refractivity contribution in [1.82, 2.24) is 24.0 Å². The van der Waals surface area contributed by atoms with Crippen molar-refractivity contribution in [2.75, 3.05) is 19.8 Å². The number of amides is 1. The Labute approximate surface area is 170 Å². The summed E-state index contributed by atoms with van der Waals surface area (Å²) in [5.74, 6) is -0.206. The van der Waals surface area contributed by atoms with Crippen LogP contribution in [0.3, 0.4) is 0 Å². The van der Waals surface area contributed by atoms with Gasteiger partial charge in [-0.2, -0.15) is 0 Å². The van der Waals surface area contributed by atoms with Crippen molar-refractivity contribution in [1.29, 1.82) is 0 Å². The average molecular weight is 417 g/mol. The first-order chi connectivity index (χ1) is 13.9. The van der Waals surface area contributed by atoms with E-state index in [1.54, 1.807) is 18.4 Å². The lowest BCUT2D eigenvalue weighted by Gasteiger charge is -2.36. The molecule has 0 atom stereocenters. The highest BCUT2D eigenvalue weighted by Gasteiger charge is 2.35. The van der Waals surface area contributed by atoms with E-state index >= 15 is 0 Å². The zero-order valence-electron chi connectivity index (χ0n) is 16.4. The molecule has 0 aliphatic carbocycles. The maximum atomic E-state index is 12.7. The lowest BCUT2D eigenvalue weighted by atomic mass is 9.78. The highest BCUT2D eigenvalue weighted by molar-refractivity contribution is 7.10. The maximum Gasteiger partial charge on any atom is 0.332 e. The number of nitrogens with zero attached hydrogens (tertiary/aromatic N) is 4. The molecule has 29 heavy (non-hydrogen) atoms. The van der Waals surface area contributed by atoms with Crippen LogP contribution in [-0.2, 0) is 35.6 Å². The van der Waals surface area contributed by atoms with E-state index in [-0.39, 0.29) is 29.0 Å². The van der Waals surface area contributed by atoms with Crippen molar-refractivity contribution in [2.24, 2.45) is 14.1 Å². The molecule has 4 heterocycles. The van der Waals surface area contributed by atoms with E-state index in [0.29, 0.717) is 19.8 Å². The summed E-state index contributed by atoms with van der Waals surface area (Å²) in [7, 11) is 2.97. The summed E-state index contributed by atoms with van der Waals surface area (Å²) in [6.45, 7) is 1.81. The molecule has 1 aliphatic rings. The Bertz CT molecular complexity index is 1150. The summed E-state index contributed by atoms with van der Waals surface area (Å²) in [6, 6.07) is 4.13. The molecule has 0 unspecified atom stereocenters. The number of rotatable bonds is 5. The molecule has 4 rings (SSSR count). The minimum absolute atomic E-state index is 0.0407. The number of nitrogens with one attached hydrogen (secondary N) is 1. The second-order valence-corrected chi connectivity index (χ2v) is 8.34. The van der Waals surface area contributed by atoms with Gasteiger partial charge < -0.3 is 14.6 Å². The van der Waals surface area contributed by atoms with Gasteiger partial charge in [-0.05, 0) is 24.3 Å². The topological polar surface area (TPSA) is 100 Å². The van der Waals surface area contributed by atoms with Gasteiger partial charge in [0.15, 0.2) is 11.2 Å². The summed E-state index contributed by atoms with van der Waals surface area (Å²) in [5.41, 5.74) is -0.532. The second-order valence-electron chi connectivity index (χ2n) is 7.40. The van der Waals surface area contributed by atoms with Gasteiger partial charge in [0.05, 0.1) is 6.33 Å². The third kappa shape index (κ3) is 3.42. The fourth-order valence-electron chi connectivity index (χ4n) is 3.85. The number of aromatic nitrogens is 4. The van der Waals surface area contributed by atoms with Crippen molar-refractivity contribution >= 4 is 28.4 Å². The standard InChI is InChI=1S/C19H23N5O4S/c1-22-16-15(17(26)23(2)18(22)27)24(12-21-16)10-14(25)20-11-19(5-7-28-8-6-19)13-4-3-9-29-13/h3-4,9,12H,5-8,10-11H2,1-2H3,(H,20,25). The molecule has 0 spiro atoms. The predicted octanol–water partition coefficient (Wildman–Crippen LogP) is 0.360. The minimum Gasteiger partial charge on any atom is -0.381 e. The molecule has 154 valence electrons. The van der Waals surface area contributed by atoms with Gasteiger partial charge in [0.2, 0.25) is 5.91 Å². The second kappa shape index (κ2) is 7.60. The summed E-state index contributed by atoms with van der Waals surface area (Å²) in [5, 5.41) is 5.08. The molecule has 1 N–H and O–H groups in total. The fraction of sp³-hybridized carbons (Fsp3) is 0.474. The van der Waals surface area contributed by atoms with Crippen LogP contribution in [0.15, 0.2) is 33.4 Å².